The monoisotopic (exact) mass is 280 g/mol. The topological polar surface area (TPSA) is 64.2 Å². The van der Waals surface area contributed by atoms with Gasteiger partial charge < -0.3 is 9.47 Å². The second-order valence-corrected chi connectivity index (χ2v) is 4.97. The van der Waals surface area contributed by atoms with Crippen LogP contribution in [0.15, 0.2) is 23.2 Å². The van der Waals surface area contributed by atoms with E-state index in [2.05, 4.69) is 16.5 Å². The number of H-pyrrole nitrogens is 1. The number of allylic oxidation sites excluding steroid dienone is 2. The second-order valence-electron chi connectivity index (χ2n) is 3.98. The first-order chi connectivity index (χ1) is 9.15. The quantitative estimate of drug-likeness (QED) is 0.838. The van der Waals surface area contributed by atoms with Crippen LogP contribution in [0.3, 0.4) is 0 Å². The number of hydrogen-bond donors (Lipinski definition) is 1. The van der Waals surface area contributed by atoms with Crippen molar-refractivity contribution in [2.24, 2.45) is 0 Å². The fraction of sp³-hybridized carbons (Fsp3) is 0.385. The SMILES string of the molecule is C=C1C=C(CC)c2c(nc(OCCSC)[nH]c2=O)O1. The lowest BCUT2D eigenvalue weighted by Crippen LogP contribution is -2.20. The van der Waals surface area contributed by atoms with Crippen LogP contribution in [0.5, 0.6) is 11.9 Å². The molecule has 0 radical (unpaired) electrons. The molecule has 1 aliphatic heterocycles. The molecule has 0 fully saturated rings. The molecule has 0 saturated carbocycles. The van der Waals surface area contributed by atoms with Crippen molar-refractivity contribution >= 4 is 17.3 Å². The van der Waals surface area contributed by atoms with Gasteiger partial charge in [-0.25, -0.2) is 0 Å². The average molecular weight is 280 g/mol. The molecule has 6 heteroatoms. The van der Waals surface area contributed by atoms with Crippen LogP contribution in [-0.4, -0.2) is 28.6 Å². The Bertz CT molecular complexity index is 578. The molecule has 102 valence electrons. The van der Waals surface area contributed by atoms with E-state index < -0.39 is 0 Å². The highest BCUT2D eigenvalue weighted by molar-refractivity contribution is 7.98. The molecule has 1 aliphatic rings. The predicted molar refractivity (Wildman–Crippen MR) is 76.8 cm³/mol. The summed E-state index contributed by atoms with van der Waals surface area (Å²) in [6.45, 7) is 6.21. The van der Waals surface area contributed by atoms with E-state index in [1.807, 2.05) is 13.2 Å². The number of aromatic nitrogens is 2. The van der Waals surface area contributed by atoms with E-state index in [4.69, 9.17) is 9.47 Å². The first-order valence-electron chi connectivity index (χ1n) is 5.99. The molecule has 5 nitrogen and oxygen atoms in total. The van der Waals surface area contributed by atoms with Gasteiger partial charge in [-0.2, -0.15) is 16.7 Å². The molecule has 2 heterocycles. The van der Waals surface area contributed by atoms with Gasteiger partial charge in [-0.05, 0) is 24.3 Å². The molecule has 0 amide bonds. The van der Waals surface area contributed by atoms with Crippen molar-refractivity contribution in [2.75, 3.05) is 18.6 Å². The predicted octanol–water partition coefficient (Wildman–Crippen LogP) is 2.21. The maximum Gasteiger partial charge on any atom is 0.299 e. The van der Waals surface area contributed by atoms with Crippen LogP contribution in [0.25, 0.3) is 5.57 Å². The summed E-state index contributed by atoms with van der Waals surface area (Å²) in [5.74, 6) is 1.58. The molecule has 0 atom stereocenters. The van der Waals surface area contributed by atoms with E-state index in [0.717, 1.165) is 11.3 Å². The van der Waals surface area contributed by atoms with Gasteiger partial charge in [0.15, 0.2) is 0 Å². The molecule has 1 aromatic heterocycles. The number of hydrogen-bond acceptors (Lipinski definition) is 5. The molecular weight excluding hydrogens is 264 g/mol. The van der Waals surface area contributed by atoms with Crippen molar-refractivity contribution < 1.29 is 9.47 Å². The van der Waals surface area contributed by atoms with E-state index in [-0.39, 0.29) is 17.4 Å². The summed E-state index contributed by atoms with van der Waals surface area (Å²) in [6.07, 6.45) is 4.46. The Morgan fingerprint density at radius 3 is 3.05 bits per heavy atom. The van der Waals surface area contributed by atoms with Gasteiger partial charge in [0.25, 0.3) is 11.6 Å². The van der Waals surface area contributed by atoms with Crippen molar-refractivity contribution in [2.45, 2.75) is 13.3 Å². The van der Waals surface area contributed by atoms with E-state index in [1.165, 1.54) is 0 Å². The fourth-order valence-electron chi connectivity index (χ4n) is 1.78. The number of nitrogens with one attached hydrogen (secondary N) is 1. The zero-order chi connectivity index (χ0) is 13.8. The molecule has 0 unspecified atom stereocenters. The van der Waals surface area contributed by atoms with E-state index in [1.54, 1.807) is 17.8 Å². The van der Waals surface area contributed by atoms with Gasteiger partial charge in [-0.1, -0.05) is 13.5 Å². The van der Waals surface area contributed by atoms with Crippen LogP contribution < -0.4 is 15.0 Å². The normalized spacial score (nSPS) is 13.6. The van der Waals surface area contributed by atoms with Crippen LogP contribution in [0.2, 0.25) is 0 Å². The summed E-state index contributed by atoms with van der Waals surface area (Å²) in [5.41, 5.74) is 1.09. The third-order valence-electron chi connectivity index (χ3n) is 2.66. The molecule has 19 heavy (non-hydrogen) atoms. The zero-order valence-corrected chi connectivity index (χ0v) is 11.8. The fourth-order valence-corrected chi connectivity index (χ4v) is 2.03. The summed E-state index contributed by atoms with van der Waals surface area (Å²) < 4.78 is 10.8. The molecule has 1 N–H and O–H groups in total. The minimum absolute atomic E-state index is 0.183. The summed E-state index contributed by atoms with van der Waals surface area (Å²) in [5, 5.41) is 0. The Labute approximate surface area is 115 Å². The van der Waals surface area contributed by atoms with Crippen LogP contribution in [0, 0.1) is 0 Å². The summed E-state index contributed by atoms with van der Waals surface area (Å²) in [6, 6.07) is 0.183. The summed E-state index contributed by atoms with van der Waals surface area (Å²) in [4.78, 5) is 18.9. The number of fused-ring (bicyclic) bond motifs is 1. The third kappa shape index (κ3) is 3.01. The van der Waals surface area contributed by atoms with Crippen molar-refractivity contribution in [1.82, 2.24) is 9.97 Å². The van der Waals surface area contributed by atoms with Crippen molar-refractivity contribution in [3.8, 4) is 11.9 Å². The molecule has 0 saturated heterocycles. The van der Waals surface area contributed by atoms with Crippen LogP contribution >= 0.6 is 11.8 Å². The second kappa shape index (κ2) is 5.97. The van der Waals surface area contributed by atoms with Gasteiger partial charge in [0.05, 0.1) is 0 Å². The van der Waals surface area contributed by atoms with E-state index in [9.17, 15) is 4.79 Å². The number of thioether (sulfide) groups is 1. The van der Waals surface area contributed by atoms with Gasteiger partial charge in [0, 0.05) is 5.75 Å². The Hall–Kier alpha value is -1.69. The van der Waals surface area contributed by atoms with Gasteiger partial charge in [-0.15, -0.1) is 0 Å². The zero-order valence-electron chi connectivity index (χ0n) is 11.0. The molecule has 0 spiro atoms. The molecular formula is C13H16N2O3S. The Kier molecular flexibility index (Phi) is 4.31. The Morgan fingerprint density at radius 2 is 2.37 bits per heavy atom. The average Bonchev–Trinajstić information content (AvgIpc) is 2.37. The number of ether oxygens (including phenoxy) is 2. The number of rotatable bonds is 5. The largest absolute Gasteiger partial charge is 0.464 e. The lowest BCUT2D eigenvalue weighted by Gasteiger charge is -2.17. The lowest BCUT2D eigenvalue weighted by molar-refractivity contribution is 0.305. The highest BCUT2D eigenvalue weighted by Crippen LogP contribution is 2.30. The van der Waals surface area contributed by atoms with Crippen molar-refractivity contribution in [1.29, 1.82) is 0 Å². The Balaban J connectivity index is 2.34. The van der Waals surface area contributed by atoms with Crippen LogP contribution in [0.1, 0.15) is 18.9 Å². The lowest BCUT2D eigenvalue weighted by atomic mass is 10.0. The first-order valence-corrected chi connectivity index (χ1v) is 7.38. The molecule has 1 aromatic rings. The number of nitrogens with zero attached hydrogens (tertiary/aromatic N) is 1. The summed E-state index contributed by atoms with van der Waals surface area (Å²) >= 11 is 1.66. The molecule has 0 aromatic carbocycles. The highest BCUT2D eigenvalue weighted by atomic mass is 32.2. The maximum absolute atomic E-state index is 12.1. The number of aromatic amines is 1. The maximum atomic E-state index is 12.1. The minimum Gasteiger partial charge on any atom is -0.464 e. The summed E-state index contributed by atoms with van der Waals surface area (Å²) in [7, 11) is 0. The van der Waals surface area contributed by atoms with Crippen molar-refractivity contribution in [3.63, 3.8) is 0 Å². The highest BCUT2D eigenvalue weighted by Gasteiger charge is 2.21. The molecule has 0 aliphatic carbocycles. The standard InChI is InChI=1S/C13H16N2O3S/c1-4-9-7-8(2)18-12-10(9)11(16)14-13(15-12)17-5-6-19-3/h7H,2,4-6H2,1,3H3,(H,14,15,16). The smallest absolute Gasteiger partial charge is 0.299 e. The first kappa shape index (κ1) is 13.7. The van der Waals surface area contributed by atoms with E-state index in [0.29, 0.717) is 24.4 Å². The minimum atomic E-state index is -0.246. The van der Waals surface area contributed by atoms with Gasteiger partial charge >= 0.3 is 0 Å². The third-order valence-corrected chi connectivity index (χ3v) is 3.23. The Morgan fingerprint density at radius 1 is 1.58 bits per heavy atom. The van der Waals surface area contributed by atoms with Crippen LogP contribution in [0.4, 0.5) is 0 Å². The van der Waals surface area contributed by atoms with Crippen LogP contribution in [-0.2, 0) is 0 Å². The van der Waals surface area contributed by atoms with Gasteiger partial charge in [0.2, 0.25) is 5.88 Å². The van der Waals surface area contributed by atoms with E-state index >= 15 is 0 Å². The van der Waals surface area contributed by atoms with Gasteiger partial charge in [-0.3, -0.25) is 9.78 Å². The van der Waals surface area contributed by atoms with Crippen molar-refractivity contribution in [3.05, 3.63) is 34.3 Å². The molecule has 0 bridgehead atoms. The molecule has 2 rings (SSSR count). The van der Waals surface area contributed by atoms with Gasteiger partial charge in [0.1, 0.15) is 17.9 Å².